The van der Waals surface area contributed by atoms with Gasteiger partial charge in [-0.2, -0.15) is 4.47 Å². The molecule has 0 aromatic heterocycles. The summed E-state index contributed by atoms with van der Waals surface area (Å²) in [4.78, 5) is 10.3. The molecule has 0 saturated heterocycles. The number of benzene rings is 1. The average molecular weight is 225 g/mol. The van der Waals surface area contributed by atoms with Gasteiger partial charge in [-0.1, -0.05) is 12.1 Å². The minimum atomic E-state index is -0.980. The van der Waals surface area contributed by atoms with Gasteiger partial charge in [-0.25, -0.2) is 4.79 Å². The zero-order valence-electron chi connectivity index (χ0n) is 8.12. The van der Waals surface area contributed by atoms with Gasteiger partial charge in [0.25, 0.3) is 0 Å². The largest absolute Gasteiger partial charge is 0.478 e. The third-order valence-electron chi connectivity index (χ3n) is 1.71. The first kappa shape index (κ1) is 11.6. The van der Waals surface area contributed by atoms with Crippen LogP contribution in [0.3, 0.4) is 0 Å². The minimum Gasteiger partial charge on any atom is -0.478 e. The van der Waals surface area contributed by atoms with Gasteiger partial charge in [0.05, 0.1) is 5.69 Å². The molecule has 0 aliphatic carbocycles. The van der Waals surface area contributed by atoms with E-state index in [2.05, 4.69) is 0 Å². The number of carboxylic acids is 1. The Bertz CT molecular complexity index is 361. The lowest BCUT2D eigenvalue weighted by atomic mass is 10.2. The Labute approximate surface area is 91.9 Å². The second kappa shape index (κ2) is 5.43. The predicted molar refractivity (Wildman–Crippen MR) is 60.9 cm³/mol. The molecular weight excluding hydrogens is 214 g/mol. The highest BCUT2D eigenvalue weighted by molar-refractivity contribution is 7.99. The molecule has 0 aliphatic heterocycles. The Hall–Kier alpha value is -1.46. The third kappa shape index (κ3) is 3.65. The van der Waals surface area contributed by atoms with Crippen molar-refractivity contribution in [1.82, 2.24) is 0 Å². The van der Waals surface area contributed by atoms with E-state index in [0.717, 1.165) is 16.1 Å². The standard InChI is InChI=1S/C10H11NO3S/c1-15-11(14)9-5-2-8(3-6-9)4-7-10(12)13/h2-7,14H,1H3,(H,12,13)/b7-4+. The Kier molecular flexibility index (Phi) is 4.20. The van der Waals surface area contributed by atoms with Crippen molar-refractivity contribution in [3.8, 4) is 0 Å². The fourth-order valence-corrected chi connectivity index (χ4v) is 1.32. The van der Waals surface area contributed by atoms with Crippen molar-refractivity contribution in [3.63, 3.8) is 0 Å². The van der Waals surface area contributed by atoms with E-state index >= 15 is 0 Å². The van der Waals surface area contributed by atoms with E-state index < -0.39 is 5.97 Å². The molecule has 1 aromatic rings. The maximum absolute atomic E-state index is 10.3. The molecule has 0 bridgehead atoms. The molecule has 0 amide bonds. The zero-order chi connectivity index (χ0) is 11.3. The molecule has 0 heterocycles. The van der Waals surface area contributed by atoms with Gasteiger partial charge >= 0.3 is 5.97 Å². The number of rotatable bonds is 4. The van der Waals surface area contributed by atoms with Crippen LogP contribution in [0.5, 0.6) is 0 Å². The van der Waals surface area contributed by atoms with Gasteiger partial charge in [0.1, 0.15) is 0 Å². The van der Waals surface area contributed by atoms with Crippen molar-refractivity contribution in [1.29, 1.82) is 0 Å². The fourth-order valence-electron chi connectivity index (χ4n) is 0.986. The van der Waals surface area contributed by atoms with Crippen molar-refractivity contribution < 1.29 is 15.1 Å². The molecule has 0 radical (unpaired) electrons. The molecular formula is C10H11NO3S. The van der Waals surface area contributed by atoms with Gasteiger partial charge in [0, 0.05) is 12.3 Å². The fraction of sp³-hybridized carbons (Fsp3) is 0.100. The Morgan fingerprint density at radius 3 is 2.47 bits per heavy atom. The number of nitrogens with zero attached hydrogens (tertiary/aromatic N) is 1. The molecule has 0 saturated carbocycles. The van der Waals surface area contributed by atoms with Crippen molar-refractivity contribution in [2.45, 2.75) is 0 Å². The van der Waals surface area contributed by atoms with Crippen LogP contribution in [0.4, 0.5) is 5.69 Å². The third-order valence-corrected chi connectivity index (χ3v) is 2.26. The minimum absolute atomic E-state index is 0.648. The van der Waals surface area contributed by atoms with Crippen molar-refractivity contribution in [2.75, 3.05) is 10.7 Å². The van der Waals surface area contributed by atoms with Crippen LogP contribution >= 0.6 is 11.9 Å². The van der Waals surface area contributed by atoms with Crippen LogP contribution < -0.4 is 4.47 Å². The molecule has 0 unspecified atom stereocenters. The first-order valence-corrected chi connectivity index (χ1v) is 5.36. The topological polar surface area (TPSA) is 60.8 Å². The summed E-state index contributed by atoms with van der Waals surface area (Å²) < 4.78 is 1.03. The maximum atomic E-state index is 10.3. The summed E-state index contributed by atoms with van der Waals surface area (Å²) in [6.45, 7) is 0. The van der Waals surface area contributed by atoms with Crippen LogP contribution in [0.25, 0.3) is 6.08 Å². The zero-order valence-corrected chi connectivity index (χ0v) is 8.94. The van der Waals surface area contributed by atoms with Crippen LogP contribution in [0.15, 0.2) is 30.3 Å². The van der Waals surface area contributed by atoms with Crippen molar-refractivity contribution >= 4 is 29.7 Å². The van der Waals surface area contributed by atoms with Gasteiger partial charge in [0.2, 0.25) is 0 Å². The predicted octanol–water partition coefficient (Wildman–Crippen LogP) is 2.26. The maximum Gasteiger partial charge on any atom is 0.328 e. The molecule has 4 nitrogen and oxygen atoms in total. The van der Waals surface area contributed by atoms with E-state index in [-0.39, 0.29) is 0 Å². The van der Waals surface area contributed by atoms with Crippen LogP contribution in [0.1, 0.15) is 5.56 Å². The first-order chi connectivity index (χ1) is 7.13. The molecule has 80 valence electrons. The van der Waals surface area contributed by atoms with E-state index in [4.69, 9.17) is 5.11 Å². The summed E-state index contributed by atoms with van der Waals surface area (Å²) in [6, 6.07) is 6.87. The smallest absolute Gasteiger partial charge is 0.328 e. The number of anilines is 1. The lowest BCUT2D eigenvalue weighted by Crippen LogP contribution is -2.05. The number of aliphatic carboxylic acids is 1. The molecule has 0 fully saturated rings. The van der Waals surface area contributed by atoms with Gasteiger partial charge in [-0.05, 0) is 35.7 Å². The van der Waals surface area contributed by atoms with Gasteiger partial charge in [0.15, 0.2) is 0 Å². The summed E-state index contributed by atoms with van der Waals surface area (Å²) >= 11 is 1.18. The summed E-state index contributed by atoms with van der Waals surface area (Å²) in [7, 11) is 0. The van der Waals surface area contributed by atoms with Gasteiger partial charge < -0.3 is 5.11 Å². The Morgan fingerprint density at radius 2 is 2.00 bits per heavy atom. The summed E-state index contributed by atoms with van der Waals surface area (Å²) in [6.07, 6.45) is 4.31. The molecule has 2 N–H and O–H groups in total. The molecule has 5 heteroatoms. The van der Waals surface area contributed by atoms with E-state index in [1.165, 1.54) is 18.0 Å². The summed E-state index contributed by atoms with van der Waals surface area (Å²) in [5.41, 5.74) is 1.42. The van der Waals surface area contributed by atoms with Crippen molar-refractivity contribution in [2.24, 2.45) is 0 Å². The van der Waals surface area contributed by atoms with Crippen molar-refractivity contribution in [3.05, 3.63) is 35.9 Å². The normalized spacial score (nSPS) is 10.5. The van der Waals surface area contributed by atoms with Crippen LogP contribution in [0, 0.1) is 0 Å². The number of hydrogen-bond acceptors (Lipinski definition) is 4. The first-order valence-electron chi connectivity index (χ1n) is 4.17. The van der Waals surface area contributed by atoms with Crippen LogP contribution in [-0.4, -0.2) is 22.5 Å². The second-order valence-corrected chi connectivity index (χ2v) is 3.43. The van der Waals surface area contributed by atoms with Crippen LogP contribution in [-0.2, 0) is 4.79 Å². The van der Waals surface area contributed by atoms with Gasteiger partial charge in [-0.3, -0.25) is 5.21 Å². The second-order valence-electron chi connectivity index (χ2n) is 2.72. The highest BCUT2D eigenvalue weighted by Crippen LogP contribution is 2.18. The Balaban J connectivity index is 2.76. The average Bonchev–Trinajstić information content (AvgIpc) is 2.26. The van der Waals surface area contributed by atoms with E-state index in [1.54, 1.807) is 30.5 Å². The quantitative estimate of drug-likeness (QED) is 0.467. The number of hydrogen-bond donors (Lipinski definition) is 2. The lowest BCUT2D eigenvalue weighted by Gasteiger charge is -2.12. The van der Waals surface area contributed by atoms with E-state index in [1.807, 2.05) is 0 Å². The van der Waals surface area contributed by atoms with Crippen LogP contribution in [0.2, 0.25) is 0 Å². The highest BCUT2D eigenvalue weighted by Gasteiger charge is 1.99. The van der Waals surface area contributed by atoms with E-state index in [9.17, 15) is 10.0 Å². The molecule has 0 spiro atoms. The molecule has 0 atom stereocenters. The number of carboxylic acid groups (broad SMARTS) is 1. The lowest BCUT2D eigenvalue weighted by molar-refractivity contribution is -0.131. The van der Waals surface area contributed by atoms with Gasteiger partial charge in [-0.15, -0.1) is 0 Å². The molecule has 1 rings (SSSR count). The molecule has 1 aromatic carbocycles. The molecule has 0 aliphatic rings. The molecule has 15 heavy (non-hydrogen) atoms. The summed E-state index contributed by atoms with van der Waals surface area (Å²) in [5, 5.41) is 17.7. The van der Waals surface area contributed by atoms with E-state index in [0.29, 0.717) is 5.69 Å². The number of carbonyl (C=O) groups is 1. The SMILES string of the molecule is CSN(O)c1ccc(/C=C/C(=O)O)cc1. The Morgan fingerprint density at radius 1 is 1.40 bits per heavy atom. The monoisotopic (exact) mass is 225 g/mol. The highest BCUT2D eigenvalue weighted by atomic mass is 32.2. The summed E-state index contributed by atoms with van der Waals surface area (Å²) in [5.74, 6) is -0.980.